The van der Waals surface area contributed by atoms with Gasteiger partial charge < -0.3 is 25.2 Å². The van der Waals surface area contributed by atoms with Crippen molar-refractivity contribution in [1.29, 1.82) is 0 Å². The minimum atomic E-state index is -0.574. The number of nitrogens with one attached hydrogen (secondary N) is 2. The van der Waals surface area contributed by atoms with Gasteiger partial charge in [0.1, 0.15) is 11.5 Å². The predicted octanol–water partition coefficient (Wildman–Crippen LogP) is 4.96. The van der Waals surface area contributed by atoms with E-state index in [4.69, 9.17) is 14.6 Å². The number of aliphatic hydroxyl groups excluding tert-OH is 1. The van der Waals surface area contributed by atoms with Crippen LogP contribution in [0.3, 0.4) is 0 Å². The number of carbonyl (C=O) groups is 2. The lowest BCUT2D eigenvalue weighted by Crippen LogP contribution is -2.41. The molecule has 222 valence electrons. The van der Waals surface area contributed by atoms with Crippen molar-refractivity contribution >= 4 is 11.8 Å². The van der Waals surface area contributed by atoms with Gasteiger partial charge in [0, 0.05) is 25.6 Å². The zero-order valence-electron chi connectivity index (χ0n) is 24.9. The molecule has 40 heavy (non-hydrogen) atoms. The van der Waals surface area contributed by atoms with Crippen molar-refractivity contribution < 1.29 is 24.2 Å². The van der Waals surface area contributed by atoms with Crippen molar-refractivity contribution in [2.24, 2.45) is 11.8 Å². The number of carbonyl (C=O) groups excluding carboxylic acids is 2. The van der Waals surface area contributed by atoms with Gasteiger partial charge in [-0.25, -0.2) is 0 Å². The summed E-state index contributed by atoms with van der Waals surface area (Å²) >= 11 is 0. The number of hydrogen-bond donors (Lipinski definition) is 3. The highest BCUT2D eigenvalue weighted by Crippen LogP contribution is 2.39. The molecule has 0 aliphatic heterocycles. The average molecular weight is 557 g/mol. The largest absolute Gasteiger partial charge is 0.496 e. The minimum absolute atomic E-state index is 0.161. The first-order valence-electron chi connectivity index (χ1n) is 14.8. The van der Waals surface area contributed by atoms with E-state index in [9.17, 15) is 14.7 Å². The molecule has 3 rings (SSSR count). The normalized spacial score (nSPS) is 15.5. The van der Waals surface area contributed by atoms with Crippen molar-refractivity contribution in [3.8, 4) is 22.8 Å². The van der Waals surface area contributed by atoms with Gasteiger partial charge in [-0.15, -0.1) is 0 Å². The zero-order chi connectivity index (χ0) is 29.1. The second kappa shape index (κ2) is 15.6. The molecule has 2 amide bonds. The fourth-order valence-electron chi connectivity index (χ4n) is 5.39. The molecule has 1 saturated carbocycles. The van der Waals surface area contributed by atoms with Crippen molar-refractivity contribution in [3.63, 3.8) is 0 Å². The van der Waals surface area contributed by atoms with E-state index < -0.39 is 6.10 Å². The van der Waals surface area contributed by atoms with Crippen LogP contribution in [0.4, 0.5) is 0 Å². The third kappa shape index (κ3) is 8.98. The first kappa shape index (κ1) is 31.5. The van der Waals surface area contributed by atoms with Gasteiger partial charge >= 0.3 is 0 Å². The van der Waals surface area contributed by atoms with Crippen LogP contribution < -0.4 is 20.1 Å². The first-order valence-corrected chi connectivity index (χ1v) is 14.8. The molecule has 0 radical (unpaired) electrons. The summed E-state index contributed by atoms with van der Waals surface area (Å²) in [6.07, 6.45) is 8.06. The molecule has 0 bridgehead atoms. The van der Waals surface area contributed by atoms with Gasteiger partial charge in [-0.2, -0.15) is 5.10 Å². The quantitative estimate of drug-likeness (QED) is 0.286. The highest BCUT2D eigenvalue weighted by Gasteiger charge is 2.25. The van der Waals surface area contributed by atoms with Crippen LogP contribution in [0.25, 0.3) is 11.3 Å². The molecule has 1 heterocycles. The molecular formula is C31H48N4O5. The van der Waals surface area contributed by atoms with Gasteiger partial charge in [0.15, 0.2) is 5.69 Å². The van der Waals surface area contributed by atoms with Crippen molar-refractivity contribution in [2.45, 2.75) is 97.2 Å². The SMILES string of the molecule is CC[C@@H](O)CNC(=O)C[C@H](CCC1CCCCC1)NC(=O)c1cc(-c2c(OC)cccc2OC)n(CC(C)C)n1. The van der Waals surface area contributed by atoms with Crippen LogP contribution in [-0.4, -0.2) is 59.6 Å². The number of rotatable bonds is 15. The molecule has 0 unspecified atom stereocenters. The van der Waals surface area contributed by atoms with E-state index in [1.807, 2.05) is 29.8 Å². The van der Waals surface area contributed by atoms with Crippen LogP contribution in [0.1, 0.15) is 89.0 Å². The van der Waals surface area contributed by atoms with Gasteiger partial charge in [0.25, 0.3) is 5.91 Å². The molecule has 2 atom stereocenters. The number of ether oxygens (including phenoxy) is 2. The van der Waals surface area contributed by atoms with Crippen molar-refractivity contribution in [3.05, 3.63) is 30.0 Å². The lowest BCUT2D eigenvalue weighted by Gasteiger charge is -2.24. The molecule has 1 aromatic heterocycles. The monoisotopic (exact) mass is 556 g/mol. The third-order valence-corrected chi connectivity index (χ3v) is 7.66. The topological polar surface area (TPSA) is 115 Å². The Morgan fingerprint density at radius 3 is 2.40 bits per heavy atom. The molecule has 3 N–H and O–H groups in total. The molecule has 1 aliphatic carbocycles. The number of hydrogen-bond acceptors (Lipinski definition) is 6. The smallest absolute Gasteiger partial charge is 0.272 e. The Balaban J connectivity index is 1.83. The lowest BCUT2D eigenvalue weighted by atomic mass is 9.85. The van der Waals surface area contributed by atoms with Crippen LogP contribution in [0.5, 0.6) is 11.5 Å². The number of benzene rings is 1. The number of amides is 2. The summed E-state index contributed by atoms with van der Waals surface area (Å²) in [5, 5.41) is 20.5. The van der Waals surface area contributed by atoms with Gasteiger partial charge in [-0.1, -0.05) is 58.9 Å². The lowest BCUT2D eigenvalue weighted by molar-refractivity contribution is -0.122. The molecule has 1 aromatic carbocycles. The fraction of sp³-hybridized carbons (Fsp3) is 0.645. The van der Waals surface area contributed by atoms with E-state index in [0.29, 0.717) is 36.3 Å². The van der Waals surface area contributed by atoms with E-state index >= 15 is 0 Å². The van der Waals surface area contributed by atoms with E-state index in [-0.39, 0.29) is 36.5 Å². The zero-order valence-corrected chi connectivity index (χ0v) is 24.9. The number of nitrogens with zero attached hydrogens (tertiary/aromatic N) is 2. The van der Waals surface area contributed by atoms with Gasteiger partial charge in [0.05, 0.1) is 31.6 Å². The Morgan fingerprint density at radius 1 is 1.12 bits per heavy atom. The predicted molar refractivity (Wildman–Crippen MR) is 157 cm³/mol. The van der Waals surface area contributed by atoms with E-state index in [1.165, 1.54) is 32.1 Å². The summed E-state index contributed by atoms with van der Waals surface area (Å²) in [5.41, 5.74) is 1.76. The maximum Gasteiger partial charge on any atom is 0.272 e. The van der Waals surface area contributed by atoms with Crippen LogP contribution in [-0.2, 0) is 11.3 Å². The second-order valence-electron chi connectivity index (χ2n) is 11.4. The summed E-state index contributed by atoms with van der Waals surface area (Å²) in [6.45, 7) is 6.89. The summed E-state index contributed by atoms with van der Waals surface area (Å²) in [6, 6.07) is 7.03. The highest BCUT2D eigenvalue weighted by atomic mass is 16.5. The fourth-order valence-corrected chi connectivity index (χ4v) is 5.39. The maximum absolute atomic E-state index is 13.6. The standard InChI is InChI=1S/C31H48N4O5/c1-6-24(36)19-32-29(37)17-23(16-15-22-11-8-7-9-12-22)33-31(38)25-18-26(35(34-25)20-21(2)3)30-27(39-4)13-10-14-28(30)40-5/h10,13-14,18,21-24,36H,6-9,11-12,15-17,19-20H2,1-5H3,(H,32,37)(H,33,38)/t23-,24+/m0/s1. The maximum atomic E-state index is 13.6. The molecule has 0 spiro atoms. The molecule has 1 aliphatic rings. The number of methoxy groups -OCH3 is 2. The summed E-state index contributed by atoms with van der Waals surface area (Å²) in [5.74, 6) is 1.70. The summed E-state index contributed by atoms with van der Waals surface area (Å²) < 4.78 is 13.1. The average Bonchev–Trinajstić information content (AvgIpc) is 3.37. The Morgan fingerprint density at radius 2 is 1.80 bits per heavy atom. The molecular weight excluding hydrogens is 508 g/mol. The second-order valence-corrected chi connectivity index (χ2v) is 11.4. The minimum Gasteiger partial charge on any atom is -0.496 e. The first-order chi connectivity index (χ1) is 19.2. The Bertz CT molecular complexity index is 1070. The van der Waals surface area contributed by atoms with Crippen molar-refractivity contribution in [1.82, 2.24) is 20.4 Å². The van der Waals surface area contributed by atoms with Crippen LogP contribution in [0.15, 0.2) is 24.3 Å². The van der Waals surface area contributed by atoms with E-state index in [1.54, 1.807) is 20.3 Å². The summed E-state index contributed by atoms with van der Waals surface area (Å²) in [4.78, 5) is 26.3. The Kier molecular flexibility index (Phi) is 12.3. The van der Waals surface area contributed by atoms with Crippen molar-refractivity contribution in [2.75, 3.05) is 20.8 Å². The molecule has 9 nitrogen and oxygen atoms in total. The van der Waals surface area contributed by atoms with Crippen LogP contribution in [0, 0.1) is 11.8 Å². The highest BCUT2D eigenvalue weighted by molar-refractivity contribution is 5.94. The third-order valence-electron chi connectivity index (χ3n) is 7.66. The Labute approximate surface area is 239 Å². The number of aliphatic hydroxyl groups is 1. The summed E-state index contributed by atoms with van der Waals surface area (Å²) in [7, 11) is 3.22. The Hall–Kier alpha value is -3.07. The van der Waals surface area contributed by atoms with Gasteiger partial charge in [-0.3, -0.25) is 14.3 Å². The number of aromatic nitrogens is 2. The van der Waals surface area contributed by atoms with E-state index in [2.05, 4.69) is 24.5 Å². The van der Waals surface area contributed by atoms with Gasteiger partial charge in [0.2, 0.25) is 5.91 Å². The molecule has 0 saturated heterocycles. The van der Waals surface area contributed by atoms with E-state index in [0.717, 1.165) is 24.1 Å². The van der Waals surface area contributed by atoms with Gasteiger partial charge in [-0.05, 0) is 49.3 Å². The van der Waals surface area contributed by atoms with Crippen LogP contribution in [0.2, 0.25) is 0 Å². The molecule has 1 fully saturated rings. The molecule has 2 aromatic rings. The van der Waals surface area contributed by atoms with Crippen LogP contribution >= 0.6 is 0 Å². The molecule has 9 heteroatoms.